The number of hydrogen-bond acceptors (Lipinski definition) is 4. The van der Waals surface area contributed by atoms with Crippen LogP contribution < -0.4 is 5.32 Å². The predicted octanol–water partition coefficient (Wildman–Crippen LogP) is 2.19. The summed E-state index contributed by atoms with van der Waals surface area (Å²) in [5, 5.41) is 10.2. The van der Waals surface area contributed by atoms with E-state index in [0.717, 1.165) is 0 Å². The molecule has 1 N–H and O–H groups in total. The third-order valence-corrected chi connectivity index (χ3v) is 2.75. The number of anilines is 1. The van der Waals surface area contributed by atoms with Crippen LogP contribution in [0.2, 0.25) is 0 Å². The minimum absolute atomic E-state index is 0.136. The molecule has 0 saturated heterocycles. The van der Waals surface area contributed by atoms with Gasteiger partial charge in [-0.05, 0) is 44.5 Å². The zero-order valence-corrected chi connectivity index (χ0v) is 10.9. The summed E-state index contributed by atoms with van der Waals surface area (Å²) >= 11 is 0. The van der Waals surface area contributed by atoms with Crippen LogP contribution in [0.5, 0.6) is 0 Å². The summed E-state index contributed by atoms with van der Waals surface area (Å²) in [4.78, 5) is 16.1. The topological polar surface area (TPSA) is 67.8 Å². The predicted molar refractivity (Wildman–Crippen MR) is 68.4 cm³/mol. The molecule has 1 aromatic heterocycles. The first-order chi connectivity index (χ1) is 8.97. The van der Waals surface area contributed by atoms with Crippen molar-refractivity contribution in [3.05, 3.63) is 46.5 Å². The number of carbonyl (C=O) groups excluding carboxylic acids is 1. The third-order valence-electron chi connectivity index (χ3n) is 2.75. The standard InChI is InChI=1S/C13H13FN4O/c1-7-6-10(14)4-5-11(7)12(19)16-13-15-8(2)9(3)17-18-13/h4-6H,1-3H3,(H,15,16,18,19). The summed E-state index contributed by atoms with van der Waals surface area (Å²) in [6.45, 7) is 5.23. The first-order valence-corrected chi connectivity index (χ1v) is 5.73. The highest BCUT2D eigenvalue weighted by atomic mass is 19.1. The molecule has 5 nitrogen and oxygen atoms in total. The van der Waals surface area contributed by atoms with Gasteiger partial charge in [-0.3, -0.25) is 10.1 Å². The van der Waals surface area contributed by atoms with Gasteiger partial charge < -0.3 is 0 Å². The first-order valence-electron chi connectivity index (χ1n) is 5.73. The minimum Gasteiger partial charge on any atom is -0.289 e. The van der Waals surface area contributed by atoms with E-state index in [-0.39, 0.29) is 17.7 Å². The van der Waals surface area contributed by atoms with Crippen LogP contribution in [-0.2, 0) is 0 Å². The molecule has 1 aromatic carbocycles. The normalized spacial score (nSPS) is 10.3. The molecule has 0 aliphatic carbocycles. The Kier molecular flexibility index (Phi) is 3.50. The fourth-order valence-electron chi connectivity index (χ4n) is 1.56. The number of aromatic nitrogens is 3. The van der Waals surface area contributed by atoms with Crippen molar-refractivity contribution in [3.63, 3.8) is 0 Å². The van der Waals surface area contributed by atoms with Crippen molar-refractivity contribution >= 4 is 11.9 Å². The second-order valence-electron chi connectivity index (χ2n) is 4.22. The molecule has 0 unspecified atom stereocenters. The molecule has 0 atom stereocenters. The van der Waals surface area contributed by atoms with Crippen molar-refractivity contribution in [2.45, 2.75) is 20.8 Å². The van der Waals surface area contributed by atoms with Gasteiger partial charge in [0.05, 0.1) is 11.4 Å². The van der Waals surface area contributed by atoms with Gasteiger partial charge in [0.2, 0.25) is 5.95 Å². The van der Waals surface area contributed by atoms with Crippen molar-refractivity contribution in [1.82, 2.24) is 15.2 Å². The molecule has 19 heavy (non-hydrogen) atoms. The summed E-state index contributed by atoms with van der Waals surface area (Å²) in [7, 11) is 0. The van der Waals surface area contributed by atoms with Gasteiger partial charge in [-0.1, -0.05) is 0 Å². The molecular weight excluding hydrogens is 247 g/mol. The fraction of sp³-hybridized carbons (Fsp3) is 0.231. The smallest absolute Gasteiger partial charge is 0.258 e. The molecule has 6 heteroatoms. The van der Waals surface area contributed by atoms with Gasteiger partial charge in [0.25, 0.3) is 5.91 Å². The first kappa shape index (κ1) is 13.1. The van der Waals surface area contributed by atoms with Crippen molar-refractivity contribution in [2.24, 2.45) is 0 Å². The molecule has 1 heterocycles. The van der Waals surface area contributed by atoms with E-state index < -0.39 is 0 Å². The van der Waals surface area contributed by atoms with Gasteiger partial charge in [0.15, 0.2) is 0 Å². The number of carbonyl (C=O) groups is 1. The van der Waals surface area contributed by atoms with Gasteiger partial charge in [-0.15, -0.1) is 5.10 Å². The molecule has 98 valence electrons. The molecule has 0 bridgehead atoms. The van der Waals surface area contributed by atoms with E-state index in [1.54, 1.807) is 20.8 Å². The van der Waals surface area contributed by atoms with Crippen LogP contribution in [-0.4, -0.2) is 21.1 Å². The van der Waals surface area contributed by atoms with Crippen LogP contribution in [0.1, 0.15) is 27.3 Å². The largest absolute Gasteiger partial charge is 0.289 e. The second kappa shape index (κ2) is 5.09. The molecule has 0 aliphatic heterocycles. The SMILES string of the molecule is Cc1cc(F)ccc1C(=O)Nc1nnc(C)c(C)n1. The van der Waals surface area contributed by atoms with E-state index >= 15 is 0 Å². The fourth-order valence-corrected chi connectivity index (χ4v) is 1.56. The van der Waals surface area contributed by atoms with Crippen LogP contribution in [0.15, 0.2) is 18.2 Å². The summed E-state index contributed by atoms with van der Waals surface area (Å²) in [5.41, 5.74) is 2.33. The monoisotopic (exact) mass is 260 g/mol. The van der Waals surface area contributed by atoms with Crippen LogP contribution in [0, 0.1) is 26.6 Å². The van der Waals surface area contributed by atoms with Crippen LogP contribution in [0.25, 0.3) is 0 Å². The van der Waals surface area contributed by atoms with Crippen LogP contribution in [0.4, 0.5) is 10.3 Å². The molecule has 0 fully saturated rings. The maximum Gasteiger partial charge on any atom is 0.258 e. The lowest BCUT2D eigenvalue weighted by Gasteiger charge is -2.07. The minimum atomic E-state index is -0.387. The summed E-state index contributed by atoms with van der Waals surface area (Å²) in [6.07, 6.45) is 0. The maximum atomic E-state index is 13.0. The van der Waals surface area contributed by atoms with E-state index in [9.17, 15) is 9.18 Å². The number of halogens is 1. The lowest BCUT2D eigenvalue weighted by atomic mass is 10.1. The summed E-state index contributed by atoms with van der Waals surface area (Å²) in [6, 6.07) is 3.96. The number of rotatable bonds is 2. The van der Waals surface area contributed by atoms with Gasteiger partial charge in [-0.2, -0.15) is 5.10 Å². The van der Waals surface area contributed by atoms with E-state index in [1.165, 1.54) is 18.2 Å². The van der Waals surface area contributed by atoms with E-state index in [4.69, 9.17) is 0 Å². The molecule has 0 spiro atoms. The average molecular weight is 260 g/mol. The number of aryl methyl sites for hydroxylation is 3. The van der Waals surface area contributed by atoms with Crippen LogP contribution >= 0.6 is 0 Å². The lowest BCUT2D eigenvalue weighted by Crippen LogP contribution is -2.16. The highest BCUT2D eigenvalue weighted by molar-refractivity contribution is 6.04. The van der Waals surface area contributed by atoms with Gasteiger partial charge >= 0.3 is 0 Å². The Morgan fingerprint density at radius 1 is 1.16 bits per heavy atom. The van der Waals surface area contributed by atoms with Gasteiger partial charge in [0, 0.05) is 5.56 Å². The molecule has 2 rings (SSSR count). The number of amides is 1. The van der Waals surface area contributed by atoms with Crippen molar-refractivity contribution in [1.29, 1.82) is 0 Å². The summed E-state index contributed by atoms with van der Waals surface area (Å²) in [5.74, 6) is -0.627. The molecule has 0 aliphatic rings. The van der Waals surface area contributed by atoms with E-state index in [0.29, 0.717) is 22.5 Å². The van der Waals surface area contributed by atoms with Gasteiger partial charge in [0.1, 0.15) is 5.82 Å². The Labute approximate surface area is 109 Å². The number of benzene rings is 1. The van der Waals surface area contributed by atoms with Gasteiger partial charge in [-0.25, -0.2) is 9.37 Å². The Balaban J connectivity index is 2.23. The highest BCUT2D eigenvalue weighted by Crippen LogP contribution is 2.12. The molecular formula is C13H13FN4O. The molecule has 2 aromatic rings. The Morgan fingerprint density at radius 2 is 1.89 bits per heavy atom. The number of nitrogens with zero attached hydrogens (tertiary/aromatic N) is 3. The highest BCUT2D eigenvalue weighted by Gasteiger charge is 2.12. The maximum absolute atomic E-state index is 13.0. The van der Waals surface area contributed by atoms with Crippen molar-refractivity contribution < 1.29 is 9.18 Å². The molecule has 0 saturated carbocycles. The quantitative estimate of drug-likeness (QED) is 0.898. The average Bonchev–Trinajstić information content (AvgIpc) is 2.33. The zero-order chi connectivity index (χ0) is 14.0. The number of nitrogens with one attached hydrogen (secondary N) is 1. The molecule has 0 radical (unpaired) electrons. The number of hydrogen-bond donors (Lipinski definition) is 1. The van der Waals surface area contributed by atoms with E-state index in [2.05, 4.69) is 20.5 Å². The van der Waals surface area contributed by atoms with E-state index in [1.807, 2.05) is 0 Å². The lowest BCUT2D eigenvalue weighted by molar-refractivity contribution is 0.102. The Bertz CT molecular complexity index is 643. The van der Waals surface area contributed by atoms with Crippen LogP contribution in [0.3, 0.4) is 0 Å². The molecule has 1 amide bonds. The van der Waals surface area contributed by atoms with Crippen molar-refractivity contribution in [3.8, 4) is 0 Å². The van der Waals surface area contributed by atoms with Crippen molar-refractivity contribution in [2.75, 3.05) is 5.32 Å². The Hall–Kier alpha value is -2.37. The summed E-state index contributed by atoms with van der Waals surface area (Å²) < 4.78 is 13.0. The second-order valence-corrected chi connectivity index (χ2v) is 4.22. The Morgan fingerprint density at radius 3 is 2.53 bits per heavy atom. The zero-order valence-electron chi connectivity index (χ0n) is 10.9. The third kappa shape index (κ3) is 2.90.